The van der Waals surface area contributed by atoms with Gasteiger partial charge < -0.3 is 35.2 Å². The van der Waals surface area contributed by atoms with Crippen molar-refractivity contribution in [2.24, 2.45) is 5.92 Å². The topological polar surface area (TPSA) is 128 Å². The molecule has 5 N–H and O–H groups in total. The number of aliphatic hydroxyl groups excluding tert-OH is 4. The maximum atomic E-state index is 11.4. The lowest BCUT2D eigenvalue weighted by Gasteiger charge is -2.39. The van der Waals surface area contributed by atoms with Crippen LogP contribution in [0.25, 0.3) is 0 Å². The molecule has 1 saturated heterocycles. The number of ether oxygens (including phenoxy) is 2. The third kappa shape index (κ3) is 13.0. The summed E-state index contributed by atoms with van der Waals surface area (Å²) in [6.07, 6.45) is 9.48. The monoisotopic (exact) mass is 475 g/mol. The van der Waals surface area contributed by atoms with E-state index in [9.17, 15) is 25.2 Å². The maximum Gasteiger partial charge on any atom is 0.222 e. The van der Waals surface area contributed by atoms with Gasteiger partial charge in [-0.15, -0.1) is 0 Å². The van der Waals surface area contributed by atoms with E-state index >= 15 is 0 Å². The number of rotatable bonds is 19. The molecule has 196 valence electrons. The molecule has 1 unspecified atom stereocenters. The van der Waals surface area contributed by atoms with E-state index < -0.39 is 37.3 Å². The summed E-state index contributed by atoms with van der Waals surface area (Å²) in [4.78, 5) is 11.4. The first-order chi connectivity index (χ1) is 15.9. The van der Waals surface area contributed by atoms with E-state index in [2.05, 4.69) is 5.32 Å². The van der Waals surface area contributed by atoms with Crippen molar-refractivity contribution < 1.29 is 34.7 Å². The Morgan fingerprint density at radius 3 is 1.76 bits per heavy atom. The van der Waals surface area contributed by atoms with E-state index in [0.717, 1.165) is 32.2 Å². The molecule has 0 aromatic rings. The molecule has 0 aromatic carbocycles. The van der Waals surface area contributed by atoms with E-state index in [-0.39, 0.29) is 11.8 Å². The van der Waals surface area contributed by atoms with Crippen molar-refractivity contribution in [1.82, 2.24) is 5.32 Å². The lowest BCUT2D eigenvalue weighted by molar-refractivity contribution is -0.301. The molecular formula is C25H49NO7. The second kappa shape index (κ2) is 18.5. The first-order valence-corrected chi connectivity index (χ1v) is 13.1. The number of amides is 1. The number of hydrogen-bond acceptors (Lipinski definition) is 7. The third-order valence-electron chi connectivity index (χ3n) is 6.28. The fourth-order valence-electron chi connectivity index (χ4n) is 3.99. The van der Waals surface area contributed by atoms with Crippen LogP contribution >= 0.6 is 0 Å². The van der Waals surface area contributed by atoms with Gasteiger partial charge in [-0.2, -0.15) is 0 Å². The lowest BCUT2D eigenvalue weighted by Crippen LogP contribution is -2.59. The van der Waals surface area contributed by atoms with Gasteiger partial charge in [-0.05, 0) is 12.8 Å². The van der Waals surface area contributed by atoms with E-state index in [1.807, 2.05) is 13.8 Å². The smallest absolute Gasteiger partial charge is 0.222 e. The molecule has 0 bridgehead atoms. The number of aliphatic hydroxyl groups is 4. The molecule has 0 radical (unpaired) electrons. The SMILES string of the molecule is CC(C)C(=O)NCCCCCCCCCCCCCCCOC1O[C@H](CO)[C@@H](O)[C@H](O)[C@H]1O. The molecule has 1 amide bonds. The molecule has 0 spiro atoms. The summed E-state index contributed by atoms with van der Waals surface area (Å²) in [7, 11) is 0. The lowest BCUT2D eigenvalue weighted by atomic mass is 9.99. The number of unbranched alkanes of at least 4 members (excludes halogenated alkanes) is 12. The Morgan fingerprint density at radius 2 is 1.27 bits per heavy atom. The van der Waals surface area contributed by atoms with Gasteiger partial charge in [0, 0.05) is 19.1 Å². The second-order valence-electron chi connectivity index (χ2n) is 9.61. The molecule has 0 aliphatic carbocycles. The molecule has 0 aromatic heterocycles. The van der Waals surface area contributed by atoms with Crippen LogP contribution in [0.15, 0.2) is 0 Å². The third-order valence-corrected chi connectivity index (χ3v) is 6.28. The first-order valence-electron chi connectivity index (χ1n) is 13.1. The molecule has 5 atom stereocenters. The molecule has 8 nitrogen and oxygen atoms in total. The number of carbonyl (C=O) groups excluding carboxylic acids is 1. The molecular weight excluding hydrogens is 426 g/mol. The van der Waals surface area contributed by atoms with Crippen LogP contribution < -0.4 is 5.32 Å². The Morgan fingerprint density at radius 1 is 0.788 bits per heavy atom. The van der Waals surface area contributed by atoms with Crippen molar-refractivity contribution >= 4 is 5.91 Å². The zero-order chi connectivity index (χ0) is 24.5. The molecule has 8 heteroatoms. The van der Waals surface area contributed by atoms with Crippen molar-refractivity contribution in [3.05, 3.63) is 0 Å². The van der Waals surface area contributed by atoms with Gasteiger partial charge >= 0.3 is 0 Å². The van der Waals surface area contributed by atoms with Crippen molar-refractivity contribution in [1.29, 1.82) is 0 Å². The van der Waals surface area contributed by atoms with Gasteiger partial charge in [0.2, 0.25) is 5.91 Å². The van der Waals surface area contributed by atoms with Gasteiger partial charge in [-0.3, -0.25) is 4.79 Å². The quantitative estimate of drug-likeness (QED) is 0.182. The summed E-state index contributed by atoms with van der Waals surface area (Å²) in [6, 6.07) is 0. The van der Waals surface area contributed by atoms with Gasteiger partial charge in [0.25, 0.3) is 0 Å². The van der Waals surface area contributed by atoms with Gasteiger partial charge in [-0.1, -0.05) is 84.5 Å². The fraction of sp³-hybridized carbons (Fsp3) is 0.960. The Bertz CT molecular complexity index is 489. The van der Waals surface area contributed by atoms with Crippen LogP contribution in [0.2, 0.25) is 0 Å². The molecule has 1 aliphatic rings. The molecule has 1 fully saturated rings. The number of nitrogens with one attached hydrogen (secondary N) is 1. The largest absolute Gasteiger partial charge is 0.394 e. The number of hydrogen-bond donors (Lipinski definition) is 5. The summed E-state index contributed by atoms with van der Waals surface area (Å²) in [5.41, 5.74) is 0. The predicted octanol–water partition coefficient (Wildman–Crippen LogP) is 2.65. The Balaban J connectivity index is 1.84. The Labute approximate surface area is 200 Å². The van der Waals surface area contributed by atoms with Crippen molar-refractivity contribution in [2.45, 2.75) is 128 Å². The van der Waals surface area contributed by atoms with E-state index in [1.165, 1.54) is 57.8 Å². The highest BCUT2D eigenvalue weighted by molar-refractivity contribution is 5.77. The van der Waals surface area contributed by atoms with Crippen LogP contribution in [0.4, 0.5) is 0 Å². The minimum absolute atomic E-state index is 0.0732. The molecule has 1 aliphatic heterocycles. The van der Waals surface area contributed by atoms with Crippen LogP contribution in [0.3, 0.4) is 0 Å². The highest BCUT2D eigenvalue weighted by Gasteiger charge is 2.43. The predicted molar refractivity (Wildman–Crippen MR) is 128 cm³/mol. The van der Waals surface area contributed by atoms with E-state index in [4.69, 9.17) is 9.47 Å². The molecule has 1 rings (SSSR count). The average Bonchev–Trinajstić information content (AvgIpc) is 2.80. The minimum Gasteiger partial charge on any atom is -0.394 e. The van der Waals surface area contributed by atoms with Crippen molar-refractivity contribution in [2.75, 3.05) is 19.8 Å². The van der Waals surface area contributed by atoms with Crippen LogP contribution in [0.1, 0.15) is 97.3 Å². The highest BCUT2D eigenvalue weighted by atomic mass is 16.7. The van der Waals surface area contributed by atoms with E-state index in [0.29, 0.717) is 6.61 Å². The van der Waals surface area contributed by atoms with Gasteiger partial charge in [-0.25, -0.2) is 0 Å². The van der Waals surface area contributed by atoms with E-state index in [1.54, 1.807) is 0 Å². The standard InChI is InChI=1S/C25H49NO7/c1-19(2)24(31)26-16-14-12-10-8-6-4-3-5-7-9-11-13-15-17-32-25-23(30)22(29)21(28)20(18-27)33-25/h19-23,25,27-30H,3-18H2,1-2H3,(H,26,31)/t20-,21-,22+,23-,25?/m1/s1. The average molecular weight is 476 g/mol. The van der Waals surface area contributed by atoms with Crippen LogP contribution in [0.5, 0.6) is 0 Å². The maximum absolute atomic E-state index is 11.4. The molecule has 0 saturated carbocycles. The normalized spacial score (nSPS) is 25.5. The molecule has 1 heterocycles. The Kier molecular flexibility index (Phi) is 17.0. The number of carbonyl (C=O) groups is 1. The summed E-state index contributed by atoms with van der Waals surface area (Å²) in [6.45, 7) is 4.61. The van der Waals surface area contributed by atoms with Gasteiger partial charge in [0.15, 0.2) is 6.29 Å². The van der Waals surface area contributed by atoms with Crippen LogP contribution in [0, 0.1) is 5.92 Å². The van der Waals surface area contributed by atoms with Crippen molar-refractivity contribution in [3.8, 4) is 0 Å². The van der Waals surface area contributed by atoms with Gasteiger partial charge in [0.1, 0.15) is 24.4 Å². The van der Waals surface area contributed by atoms with Crippen LogP contribution in [-0.4, -0.2) is 76.8 Å². The first kappa shape index (κ1) is 30.3. The summed E-state index contributed by atoms with van der Waals surface area (Å²) in [5.74, 6) is 0.223. The fourth-order valence-corrected chi connectivity index (χ4v) is 3.99. The highest BCUT2D eigenvalue weighted by Crippen LogP contribution is 2.22. The zero-order valence-corrected chi connectivity index (χ0v) is 20.8. The second-order valence-corrected chi connectivity index (χ2v) is 9.61. The van der Waals surface area contributed by atoms with Crippen LogP contribution in [-0.2, 0) is 14.3 Å². The van der Waals surface area contributed by atoms with Gasteiger partial charge in [0.05, 0.1) is 6.61 Å². The molecule has 33 heavy (non-hydrogen) atoms. The van der Waals surface area contributed by atoms with Crippen molar-refractivity contribution in [3.63, 3.8) is 0 Å². The zero-order valence-electron chi connectivity index (χ0n) is 20.8. The summed E-state index contributed by atoms with van der Waals surface area (Å²) >= 11 is 0. The summed E-state index contributed by atoms with van der Waals surface area (Å²) < 4.78 is 10.8. The minimum atomic E-state index is -1.38. The Hall–Kier alpha value is -0.770. The summed E-state index contributed by atoms with van der Waals surface area (Å²) in [5, 5.41) is 41.6.